The number of hydrogen-bond acceptors (Lipinski definition) is 4. The van der Waals surface area contributed by atoms with Crippen LogP contribution in [0.2, 0.25) is 0 Å². The van der Waals surface area contributed by atoms with Crippen LogP contribution in [0.15, 0.2) is 11.7 Å². The molecule has 1 unspecified atom stereocenters. The van der Waals surface area contributed by atoms with Crippen molar-refractivity contribution in [2.24, 2.45) is 0 Å². The SMILES string of the molecule is CCNC(CC(=O)O)c1cncs1. The van der Waals surface area contributed by atoms with Crippen LogP contribution in [0, 0.1) is 0 Å². The number of aromatic nitrogens is 1. The fourth-order valence-corrected chi connectivity index (χ4v) is 1.79. The van der Waals surface area contributed by atoms with E-state index in [2.05, 4.69) is 10.3 Å². The molecule has 4 nitrogen and oxygen atoms in total. The van der Waals surface area contributed by atoms with Crippen LogP contribution >= 0.6 is 11.3 Å². The second-order valence-electron chi connectivity index (χ2n) is 2.61. The van der Waals surface area contributed by atoms with Gasteiger partial charge in [-0.1, -0.05) is 6.92 Å². The molecule has 0 spiro atoms. The smallest absolute Gasteiger partial charge is 0.305 e. The largest absolute Gasteiger partial charge is 0.481 e. The Morgan fingerprint density at radius 1 is 1.85 bits per heavy atom. The molecule has 0 fully saturated rings. The molecule has 0 aliphatic carbocycles. The van der Waals surface area contributed by atoms with Gasteiger partial charge in [0.1, 0.15) is 0 Å². The second-order valence-corrected chi connectivity index (χ2v) is 3.53. The van der Waals surface area contributed by atoms with Crippen molar-refractivity contribution in [2.75, 3.05) is 6.54 Å². The summed E-state index contributed by atoms with van der Waals surface area (Å²) in [6, 6.07) is -0.102. The first kappa shape index (κ1) is 10.1. The van der Waals surface area contributed by atoms with Crippen LogP contribution in [0.5, 0.6) is 0 Å². The van der Waals surface area contributed by atoms with Crippen LogP contribution in [-0.4, -0.2) is 22.6 Å². The fraction of sp³-hybridized carbons (Fsp3) is 0.500. The first-order valence-corrected chi connectivity index (χ1v) is 4.95. The van der Waals surface area contributed by atoms with Gasteiger partial charge in [-0.15, -0.1) is 11.3 Å². The lowest BCUT2D eigenvalue weighted by atomic mass is 10.2. The topological polar surface area (TPSA) is 62.2 Å². The highest BCUT2D eigenvalue weighted by molar-refractivity contribution is 7.09. The van der Waals surface area contributed by atoms with Crippen molar-refractivity contribution < 1.29 is 9.90 Å². The minimum absolute atomic E-state index is 0.102. The molecule has 0 radical (unpaired) electrons. The number of thiazole rings is 1. The van der Waals surface area contributed by atoms with Crippen molar-refractivity contribution in [2.45, 2.75) is 19.4 Å². The molecule has 0 aliphatic rings. The van der Waals surface area contributed by atoms with Gasteiger partial charge in [0, 0.05) is 11.1 Å². The van der Waals surface area contributed by atoms with E-state index in [9.17, 15) is 4.79 Å². The van der Waals surface area contributed by atoms with Crippen molar-refractivity contribution in [1.82, 2.24) is 10.3 Å². The van der Waals surface area contributed by atoms with Gasteiger partial charge < -0.3 is 10.4 Å². The number of hydrogen-bond donors (Lipinski definition) is 2. The molecule has 5 heteroatoms. The molecule has 0 saturated heterocycles. The molecule has 2 N–H and O–H groups in total. The Bertz CT molecular complexity index is 261. The van der Waals surface area contributed by atoms with E-state index in [1.54, 1.807) is 11.7 Å². The van der Waals surface area contributed by atoms with Crippen LogP contribution in [0.25, 0.3) is 0 Å². The number of carboxylic acid groups (broad SMARTS) is 1. The molecule has 1 rings (SSSR count). The van der Waals surface area contributed by atoms with E-state index in [1.165, 1.54) is 11.3 Å². The summed E-state index contributed by atoms with van der Waals surface area (Å²) < 4.78 is 0. The van der Waals surface area contributed by atoms with E-state index in [-0.39, 0.29) is 12.5 Å². The number of nitrogens with one attached hydrogen (secondary N) is 1. The van der Waals surface area contributed by atoms with Gasteiger partial charge in [-0.2, -0.15) is 0 Å². The maximum absolute atomic E-state index is 10.5. The van der Waals surface area contributed by atoms with Crippen molar-refractivity contribution in [3.8, 4) is 0 Å². The van der Waals surface area contributed by atoms with Crippen LogP contribution in [0.4, 0.5) is 0 Å². The summed E-state index contributed by atoms with van der Waals surface area (Å²) in [7, 11) is 0. The Morgan fingerprint density at radius 3 is 3.08 bits per heavy atom. The molecule has 1 atom stereocenters. The molecule has 1 aromatic heterocycles. The lowest BCUT2D eigenvalue weighted by Gasteiger charge is -2.12. The average Bonchev–Trinajstić information content (AvgIpc) is 2.54. The Morgan fingerprint density at radius 2 is 2.62 bits per heavy atom. The third kappa shape index (κ3) is 3.12. The first-order chi connectivity index (χ1) is 6.24. The highest BCUT2D eigenvalue weighted by Gasteiger charge is 2.15. The van der Waals surface area contributed by atoms with E-state index < -0.39 is 5.97 Å². The molecular formula is C8H12N2O2S. The van der Waals surface area contributed by atoms with E-state index in [4.69, 9.17) is 5.11 Å². The monoisotopic (exact) mass is 200 g/mol. The lowest BCUT2D eigenvalue weighted by molar-refractivity contribution is -0.137. The molecule has 0 bridgehead atoms. The predicted molar refractivity (Wildman–Crippen MR) is 50.8 cm³/mol. The van der Waals surface area contributed by atoms with Gasteiger partial charge in [-0.3, -0.25) is 9.78 Å². The normalized spacial score (nSPS) is 12.7. The van der Waals surface area contributed by atoms with E-state index in [0.717, 1.165) is 11.4 Å². The van der Waals surface area contributed by atoms with E-state index in [1.807, 2.05) is 6.92 Å². The summed E-state index contributed by atoms with van der Waals surface area (Å²) in [6.45, 7) is 2.71. The molecule has 1 aromatic rings. The molecular weight excluding hydrogens is 188 g/mol. The summed E-state index contributed by atoms with van der Waals surface area (Å²) >= 11 is 1.48. The van der Waals surface area contributed by atoms with Gasteiger partial charge in [0.2, 0.25) is 0 Å². The third-order valence-corrected chi connectivity index (χ3v) is 2.51. The molecule has 0 aromatic carbocycles. The van der Waals surface area contributed by atoms with Gasteiger partial charge in [0.25, 0.3) is 0 Å². The van der Waals surface area contributed by atoms with E-state index in [0.29, 0.717) is 0 Å². The van der Waals surface area contributed by atoms with Crippen molar-refractivity contribution in [3.05, 3.63) is 16.6 Å². The fourth-order valence-electron chi connectivity index (χ4n) is 1.09. The Hall–Kier alpha value is -0.940. The highest BCUT2D eigenvalue weighted by Crippen LogP contribution is 2.19. The summed E-state index contributed by atoms with van der Waals surface area (Å²) in [5, 5.41) is 11.8. The van der Waals surface area contributed by atoms with Gasteiger partial charge >= 0.3 is 5.97 Å². The minimum atomic E-state index is -0.792. The standard InChI is InChI=1S/C8H12N2O2S/c1-2-10-6(3-8(11)12)7-4-9-5-13-7/h4-6,10H,2-3H2,1H3,(H,11,12). The van der Waals surface area contributed by atoms with Crippen molar-refractivity contribution >= 4 is 17.3 Å². The van der Waals surface area contributed by atoms with Crippen molar-refractivity contribution in [3.63, 3.8) is 0 Å². The molecule has 1 heterocycles. The first-order valence-electron chi connectivity index (χ1n) is 4.07. The second kappa shape index (κ2) is 4.94. The summed E-state index contributed by atoms with van der Waals surface area (Å²) in [5.74, 6) is -0.792. The maximum Gasteiger partial charge on any atom is 0.305 e. The Balaban J connectivity index is 2.62. The molecule has 0 saturated carbocycles. The van der Waals surface area contributed by atoms with Gasteiger partial charge in [-0.25, -0.2) is 0 Å². The predicted octanol–water partition coefficient (Wildman–Crippen LogP) is 1.27. The summed E-state index contributed by atoms with van der Waals surface area (Å²) in [5.41, 5.74) is 1.71. The van der Waals surface area contributed by atoms with Crippen molar-refractivity contribution in [1.29, 1.82) is 0 Å². The molecule has 0 aliphatic heterocycles. The number of rotatable bonds is 5. The number of carboxylic acids is 1. The van der Waals surface area contributed by atoms with Crippen LogP contribution in [0.1, 0.15) is 24.3 Å². The maximum atomic E-state index is 10.5. The summed E-state index contributed by atoms with van der Waals surface area (Å²) in [4.78, 5) is 15.4. The third-order valence-electron chi connectivity index (χ3n) is 1.62. The minimum Gasteiger partial charge on any atom is -0.481 e. The van der Waals surface area contributed by atoms with Crippen LogP contribution < -0.4 is 5.32 Å². The Kier molecular flexibility index (Phi) is 3.85. The average molecular weight is 200 g/mol. The highest BCUT2D eigenvalue weighted by atomic mass is 32.1. The number of carbonyl (C=O) groups is 1. The zero-order chi connectivity index (χ0) is 9.68. The van der Waals surface area contributed by atoms with Crippen LogP contribution in [-0.2, 0) is 4.79 Å². The van der Waals surface area contributed by atoms with E-state index >= 15 is 0 Å². The molecule has 0 amide bonds. The Labute approximate surface area is 80.6 Å². The van der Waals surface area contributed by atoms with Gasteiger partial charge in [0.05, 0.1) is 18.0 Å². The lowest BCUT2D eigenvalue weighted by Crippen LogP contribution is -2.22. The zero-order valence-corrected chi connectivity index (χ0v) is 8.17. The van der Waals surface area contributed by atoms with Crippen LogP contribution in [0.3, 0.4) is 0 Å². The summed E-state index contributed by atoms with van der Waals surface area (Å²) in [6.07, 6.45) is 1.82. The quantitative estimate of drug-likeness (QED) is 0.751. The number of nitrogens with zero attached hydrogens (tertiary/aromatic N) is 1. The van der Waals surface area contributed by atoms with Gasteiger partial charge in [-0.05, 0) is 6.54 Å². The number of aliphatic carboxylic acids is 1. The zero-order valence-electron chi connectivity index (χ0n) is 7.36. The van der Waals surface area contributed by atoms with Gasteiger partial charge in [0.15, 0.2) is 0 Å². The molecule has 13 heavy (non-hydrogen) atoms. The molecule has 72 valence electrons.